The molecule has 5 rings (SSSR count). The van der Waals surface area contributed by atoms with Gasteiger partial charge in [0.05, 0.1) is 24.1 Å². The molecular weight excluding hydrogens is 318 g/mol. The van der Waals surface area contributed by atoms with E-state index < -0.39 is 28.6 Å². The van der Waals surface area contributed by atoms with Crippen molar-refractivity contribution in [3.05, 3.63) is 30.1 Å². The standard InChI is InChI=1S/C18H15N5O2/c19-9-16(10-20)13-3-1-2-6-18(13)24-14(12-4-7-23-8-5-12)17(16,11-21)15(22)25-18/h4-5,7-8,13-14,22H,1-3,6H2. The Hall–Kier alpha value is -2.95. The molecule has 3 aliphatic heterocycles. The largest absolute Gasteiger partial charge is 0.447 e. The van der Waals surface area contributed by atoms with Gasteiger partial charge < -0.3 is 9.47 Å². The Balaban J connectivity index is 2.02. The van der Waals surface area contributed by atoms with E-state index in [1.54, 1.807) is 24.5 Å². The molecule has 25 heavy (non-hydrogen) atoms. The van der Waals surface area contributed by atoms with Crippen molar-refractivity contribution in [2.24, 2.45) is 16.7 Å². The predicted octanol–water partition coefficient (Wildman–Crippen LogP) is 2.59. The molecule has 4 unspecified atom stereocenters. The third-order valence-corrected chi connectivity index (χ3v) is 5.83. The molecule has 1 aromatic rings. The number of rotatable bonds is 1. The molecule has 4 heterocycles. The Bertz CT molecular complexity index is 850. The summed E-state index contributed by atoms with van der Waals surface area (Å²) in [6, 6.07) is 9.69. The molecule has 0 radical (unpaired) electrons. The van der Waals surface area contributed by atoms with E-state index in [9.17, 15) is 15.8 Å². The van der Waals surface area contributed by atoms with Gasteiger partial charge in [-0.1, -0.05) is 6.42 Å². The van der Waals surface area contributed by atoms with Gasteiger partial charge in [-0.25, -0.2) is 0 Å². The first-order valence-corrected chi connectivity index (χ1v) is 8.20. The van der Waals surface area contributed by atoms with Gasteiger partial charge in [0.2, 0.25) is 11.7 Å². The van der Waals surface area contributed by atoms with E-state index in [2.05, 4.69) is 23.2 Å². The Kier molecular flexibility index (Phi) is 3.13. The van der Waals surface area contributed by atoms with Gasteiger partial charge in [-0.2, -0.15) is 15.8 Å². The molecule has 7 heteroatoms. The summed E-state index contributed by atoms with van der Waals surface area (Å²) in [5, 5.41) is 38.6. The molecule has 4 atom stereocenters. The Labute approximate surface area is 144 Å². The molecule has 0 amide bonds. The maximum absolute atomic E-state index is 10.1. The van der Waals surface area contributed by atoms with Crippen LogP contribution in [0.5, 0.6) is 0 Å². The minimum absolute atomic E-state index is 0.343. The van der Waals surface area contributed by atoms with Crippen LogP contribution < -0.4 is 0 Å². The molecule has 1 aromatic heterocycles. The van der Waals surface area contributed by atoms with Crippen LogP contribution in [0.25, 0.3) is 0 Å². The first-order valence-electron chi connectivity index (χ1n) is 8.20. The fourth-order valence-corrected chi connectivity index (χ4v) is 4.68. The van der Waals surface area contributed by atoms with Crippen LogP contribution in [-0.2, 0) is 9.47 Å². The monoisotopic (exact) mass is 333 g/mol. The van der Waals surface area contributed by atoms with Crippen molar-refractivity contribution in [3.8, 4) is 18.2 Å². The van der Waals surface area contributed by atoms with E-state index in [-0.39, 0.29) is 5.90 Å². The average Bonchev–Trinajstić information content (AvgIpc) is 2.66. The van der Waals surface area contributed by atoms with Gasteiger partial charge in [0.15, 0.2) is 10.8 Å². The third kappa shape index (κ3) is 1.60. The van der Waals surface area contributed by atoms with E-state index in [0.29, 0.717) is 18.4 Å². The number of nitrogens with zero attached hydrogens (tertiary/aromatic N) is 4. The average molecular weight is 333 g/mol. The second kappa shape index (κ2) is 5.02. The molecule has 7 nitrogen and oxygen atoms in total. The summed E-state index contributed by atoms with van der Waals surface area (Å²) in [5.41, 5.74) is -2.88. The van der Waals surface area contributed by atoms with Crippen molar-refractivity contribution in [1.29, 1.82) is 21.2 Å². The number of nitriles is 3. The van der Waals surface area contributed by atoms with Crippen molar-refractivity contribution < 1.29 is 9.47 Å². The summed E-state index contributed by atoms with van der Waals surface area (Å²) in [6.45, 7) is 0. The number of hydrogen-bond acceptors (Lipinski definition) is 7. The van der Waals surface area contributed by atoms with E-state index in [1.807, 2.05) is 0 Å². The van der Waals surface area contributed by atoms with Gasteiger partial charge >= 0.3 is 0 Å². The van der Waals surface area contributed by atoms with Gasteiger partial charge in [0.1, 0.15) is 6.10 Å². The summed E-state index contributed by atoms with van der Waals surface area (Å²) < 4.78 is 12.1. The highest BCUT2D eigenvalue weighted by molar-refractivity contribution is 5.89. The van der Waals surface area contributed by atoms with E-state index in [4.69, 9.17) is 14.9 Å². The molecule has 1 saturated carbocycles. The van der Waals surface area contributed by atoms with E-state index in [0.717, 1.165) is 12.8 Å². The molecule has 2 bridgehead atoms. The van der Waals surface area contributed by atoms with Gasteiger partial charge in [0.25, 0.3) is 0 Å². The van der Waals surface area contributed by atoms with Crippen LogP contribution in [0.4, 0.5) is 0 Å². The van der Waals surface area contributed by atoms with Crippen LogP contribution in [0, 0.1) is 56.2 Å². The van der Waals surface area contributed by atoms with Crippen LogP contribution in [-0.4, -0.2) is 16.7 Å². The Morgan fingerprint density at radius 1 is 1.12 bits per heavy atom. The molecule has 4 fully saturated rings. The lowest BCUT2D eigenvalue weighted by molar-refractivity contribution is -0.360. The first-order chi connectivity index (χ1) is 12.1. The zero-order valence-electron chi connectivity index (χ0n) is 13.4. The van der Waals surface area contributed by atoms with Crippen molar-refractivity contribution in [2.45, 2.75) is 37.6 Å². The Morgan fingerprint density at radius 3 is 2.48 bits per heavy atom. The van der Waals surface area contributed by atoms with Crippen molar-refractivity contribution in [3.63, 3.8) is 0 Å². The number of pyridine rings is 1. The third-order valence-electron chi connectivity index (χ3n) is 5.83. The molecular formula is C18H15N5O2. The predicted molar refractivity (Wildman–Crippen MR) is 83.3 cm³/mol. The number of fused-ring (bicyclic) bond motifs is 2. The molecule has 1 aliphatic carbocycles. The highest BCUT2D eigenvalue weighted by Gasteiger charge is 2.80. The lowest BCUT2D eigenvalue weighted by Crippen LogP contribution is -2.73. The number of nitrogens with one attached hydrogen (secondary N) is 1. The maximum atomic E-state index is 10.1. The van der Waals surface area contributed by atoms with Crippen LogP contribution in [0.2, 0.25) is 0 Å². The second-order valence-electron chi connectivity index (χ2n) is 6.77. The van der Waals surface area contributed by atoms with E-state index in [1.165, 1.54) is 0 Å². The number of ether oxygens (including phenoxy) is 2. The molecule has 4 aliphatic rings. The SMILES string of the molecule is N#CC1(C#N)C2CCCCC23OC(=N)C1(C#N)C(c1ccncc1)O3. The summed E-state index contributed by atoms with van der Waals surface area (Å²) in [7, 11) is 0. The molecule has 3 saturated heterocycles. The zero-order valence-corrected chi connectivity index (χ0v) is 13.4. The van der Waals surface area contributed by atoms with Crippen LogP contribution in [0.3, 0.4) is 0 Å². The second-order valence-corrected chi connectivity index (χ2v) is 6.77. The van der Waals surface area contributed by atoms with Crippen LogP contribution >= 0.6 is 0 Å². The highest BCUT2D eigenvalue weighted by atomic mass is 16.7. The Morgan fingerprint density at radius 2 is 1.84 bits per heavy atom. The molecule has 0 aromatic carbocycles. The lowest BCUT2D eigenvalue weighted by atomic mass is 9.48. The summed E-state index contributed by atoms with van der Waals surface area (Å²) in [6.07, 6.45) is 4.91. The topological polar surface area (TPSA) is 127 Å². The van der Waals surface area contributed by atoms with Crippen molar-refractivity contribution in [1.82, 2.24) is 4.98 Å². The summed E-state index contributed by atoms with van der Waals surface area (Å²) >= 11 is 0. The van der Waals surface area contributed by atoms with Gasteiger partial charge in [-0.05, 0) is 30.5 Å². The summed E-state index contributed by atoms with van der Waals surface area (Å²) in [5.74, 6) is -2.10. The minimum Gasteiger partial charge on any atom is -0.447 e. The lowest BCUT2D eigenvalue weighted by Gasteiger charge is -2.63. The van der Waals surface area contributed by atoms with Gasteiger partial charge in [-0.15, -0.1) is 0 Å². The number of aromatic nitrogens is 1. The fourth-order valence-electron chi connectivity index (χ4n) is 4.68. The van der Waals surface area contributed by atoms with E-state index >= 15 is 0 Å². The maximum Gasteiger partial charge on any atom is 0.218 e. The minimum atomic E-state index is -1.80. The molecule has 1 spiro atoms. The fraction of sp³-hybridized carbons (Fsp3) is 0.500. The van der Waals surface area contributed by atoms with Gasteiger partial charge in [-0.3, -0.25) is 10.4 Å². The zero-order chi connectivity index (χ0) is 17.7. The smallest absolute Gasteiger partial charge is 0.218 e. The van der Waals surface area contributed by atoms with Crippen molar-refractivity contribution in [2.75, 3.05) is 0 Å². The number of hydrogen-bond donors (Lipinski definition) is 1. The summed E-state index contributed by atoms with van der Waals surface area (Å²) in [4.78, 5) is 3.97. The highest BCUT2D eigenvalue weighted by Crippen LogP contribution is 2.69. The van der Waals surface area contributed by atoms with Gasteiger partial charge in [0, 0.05) is 18.8 Å². The quantitative estimate of drug-likeness (QED) is 0.841. The normalized spacial score (nSPS) is 37.7. The molecule has 1 N–H and O–H groups in total. The van der Waals surface area contributed by atoms with Crippen LogP contribution in [0.15, 0.2) is 24.5 Å². The van der Waals surface area contributed by atoms with Crippen LogP contribution in [0.1, 0.15) is 37.4 Å². The van der Waals surface area contributed by atoms with Crippen molar-refractivity contribution >= 4 is 5.90 Å². The molecule has 124 valence electrons. The first kappa shape index (κ1) is 15.6.